The third-order valence-electron chi connectivity index (χ3n) is 5.16. The molecule has 3 nitrogen and oxygen atoms in total. The number of hydrogen-bond acceptors (Lipinski definition) is 5. The molecular formula is C23H20ClN3S2. The lowest BCUT2D eigenvalue weighted by Gasteiger charge is -2.29. The highest BCUT2D eigenvalue weighted by molar-refractivity contribution is 8.14. The summed E-state index contributed by atoms with van der Waals surface area (Å²) in [6, 6.07) is 23.0. The summed E-state index contributed by atoms with van der Waals surface area (Å²) in [6.45, 7) is 3.28. The summed E-state index contributed by atoms with van der Waals surface area (Å²) in [5.41, 5.74) is 2.33. The van der Waals surface area contributed by atoms with Gasteiger partial charge in [0, 0.05) is 32.8 Å². The average Bonchev–Trinajstić information content (AvgIpc) is 3.27. The largest absolute Gasteiger partial charge is 0.341 e. The normalized spacial score (nSPS) is 23.2. The van der Waals surface area contributed by atoms with E-state index in [9.17, 15) is 0 Å². The smallest absolute Gasteiger partial charge is 0.160 e. The molecule has 1 saturated heterocycles. The second kappa shape index (κ2) is 8.05. The molecule has 2 aliphatic rings. The van der Waals surface area contributed by atoms with E-state index in [4.69, 9.17) is 16.6 Å². The lowest BCUT2D eigenvalue weighted by molar-refractivity contribution is 0.317. The summed E-state index contributed by atoms with van der Waals surface area (Å²) in [4.78, 5) is 14.6. The summed E-state index contributed by atoms with van der Waals surface area (Å²) in [5.74, 6) is 0. The summed E-state index contributed by atoms with van der Waals surface area (Å²) in [6.07, 6.45) is 1.86. The topological polar surface area (TPSA) is 28.5 Å². The Hall–Kier alpha value is -1.95. The van der Waals surface area contributed by atoms with Crippen LogP contribution in [-0.2, 0) is 0 Å². The number of aromatic nitrogens is 1. The van der Waals surface area contributed by atoms with Crippen LogP contribution in [0.5, 0.6) is 0 Å². The Morgan fingerprint density at radius 3 is 2.62 bits per heavy atom. The van der Waals surface area contributed by atoms with E-state index in [1.807, 2.05) is 42.2 Å². The highest BCUT2D eigenvalue weighted by Crippen LogP contribution is 2.49. The molecule has 0 spiro atoms. The molecule has 6 heteroatoms. The van der Waals surface area contributed by atoms with Crippen LogP contribution >= 0.6 is 35.1 Å². The maximum absolute atomic E-state index is 6.07. The number of amidine groups is 1. The molecule has 0 aliphatic carbocycles. The van der Waals surface area contributed by atoms with Crippen LogP contribution in [0.3, 0.4) is 0 Å². The molecule has 146 valence electrons. The highest BCUT2D eigenvalue weighted by atomic mass is 35.5. The van der Waals surface area contributed by atoms with Crippen molar-refractivity contribution in [3.63, 3.8) is 0 Å². The van der Waals surface area contributed by atoms with E-state index in [0.29, 0.717) is 5.25 Å². The first-order chi connectivity index (χ1) is 14.2. The van der Waals surface area contributed by atoms with Gasteiger partial charge < -0.3 is 4.90 Å². The molecular weight excluding hydrogens is 418 g/mol. The van der Waals surface area contributed by atoms with Crippen LogP contribution in [0.15, 0.2) is 87.7 Å². The van der Waals surface area contributed by atoms with E-state index >= 15 is 0 Å². The molecule has 1 aromatic heterocycles. The lowest BCUT2D eigenvalue weighted by atomic mass is 9.96. The Kier molecular flexibility index (Phi) is 5.29. The first-order valence-electron chi connectivity index (χ1n) is 9.63. The fraction of sp³-hybridized carbons (Fsp3) is 0.217. The van der Waals surface area contributed by atoms with Crippen molar-refractivity contribution in [3.05, 3.63) is 89.2 Å². The van der Waals surface area contributed by atoms with Crippen LogP contribution in [0.25, 0.3) is 0 Å². The Bertz CT molecular complexity index is 1040. The minimum Gasteiger partial charge on any atom is -0.341 e. The predicted octanol–water partition coefficient (Wildman–Crippen LogP) is 6.48. The molecule has 2 aromatic carbocycles. The number of benzene rings is 2. The van der Waals surface area contributed by atoms with Crippen molar-refractivity contribution in [2.75, 3.05) is 6.54 Å². The first-order valence-corrected chi connectivity index (χ1v) is 11.7. The number of aliphatic imine (C=N–C) groups is 1. The van der Waals surface area contributed by atoms with Gasteiger partial charge in [0.05, 0.1) is 11.7 Å². The molecule has 2 aliphatic heterocycles. The SMILES string of the molecule is C[C@@H]1CN2C(=N[C@@H](c3ccccn3)[C@H]2c2ccccc2Sc2ccc(Cl)cc2)S1. The van der Waals surface area contributed by atoms with Crippen LogP contribution < -0.4 is 0 Å². The van der Waals surface area contributed by atoms with E-state index in [1.54, 1.807) is 11.8 Å². The Morgan fingerprint density at radius 1 is 1.03 bits per heavy atom. The van der Waals surface area contributed by atoms with Gasteiger partial charge >= 0.3 is 0 Å². The number of hydrogen-bond donors (Lipinski definition) is 0. The molecule has 0 saturated carbocycles. The van der Waals surface area contributed by atoms with Gasteiger partial charge in [-0.3, -0.25) is 9.98 Å². The average molecular weight is 438 g/mol. The number of fused-ring (bicyclic) bond motifs is 1. The highest BCUT2D eigenvalue weighted by Gasteiger charge is 2.44. The second-order valence-corrected chi connectivity index (χ2v) is 10.2. The quantitative estimate of drug-likeness (QED) is 0.467. The Labute approximate surface area is 184 Å². The summed E-state index contributed by atoms with van der Waals surface area (Å²) in [5, 5.41) is 2.45. The van der Waals surface area contributed by atoms with Gasteiger partial charge in [0.1, 0.15) is 6.04 Å². The maximum Gasteiger partial charge on any atom is 0.160 e. The molecule has 0 radical (unpaired) electrons. The van der Waals surface area contributed by atoms with E-state index in [-0.39, 0.29) is 12.1 Å². The van der Waals surface area contributed by atoms with Gasteiger partial charge in [-0.05, 0) is 48.0 Å². The molecule has 5 rings (SSSR count). The molecule has 3 aromatic rings. The van der Waals surface area contributed by atoms with Crippen LogP contribution in [0.2, 0.25) is 5.02 Å². The number of thioether (sulfide) groups is 1. The van der Waals surface area contributed by atoms with Crippen LogP contribution in [0, 0.1) is 0 Å². The zero-order valence-electron chi connectivity index (χ0n) is 15.9. The van der Waals surface area contributed by atoms with Gasteiger partial charge in [0.25, 0.3) is 0 Å². The first kappa shape index (κ1) is 19.0. The van der Waals surface area contributed by atoms with Crippen molar-refractivity contribution in [1.82, 2.24) is 9.88 Å². The minimum atomic E-state index is 0.0122. The van der Waals surface area contributed by atoms with Crippen LogP contribution in [-0.4, -0.2) is 26.8 Å². The summed E-state index contributed by atoms with van der Waals surface area (Å²) < 4.78 is 0. The zero-order valence-corrected chi connectivity index (χ0v) is 18.3. The molecule has 3 atom stereocenters. The minimum absolute atomic E-state index is 0.0122. The van der Waals surface area contributed by atoms with Crippen molar-refractivity contribution < 1.29 is 0 Å². The van der Waals surface area contributed by atoms with Gasteiger partial charge in [-0.25, -0.2) is 0 Å². The molecule has 1 fully saturated rings. The fourth-order valence-corrected chi connectivity index (χ4v) is 6.10. The van der Waals surface area contributed by atoms with Crippen molar-refractivity contribution in [2.45, 2.75) is 34.0 Å². The number of rotatable bonds is 4. The monoisotopic (exact) mass is 437 g/mol. The summed E-state index contributed by atoms with van der Waals surface area (Å²) >= 11 is 9.72. The van der Waals surface area contributed by atoms with Gasteiger partial charge in [-0.1, -0.05) is 66.3 Å². The Balaban J connectivity index is 1.55. The predicted molar refractivity (Wildman–Crippen MR) is 123 cm³/mol. The van der Waals surface area contributed by atoms with Crippen molar-refractivity contribution >= 4 is 40.3 Å². The standard InChI is InChI=1S/C23H20ClN3S2/c1-15-14-27-22(21(26-23(27)28-15)19-7-4-5-13-25-19)18-6-2-3-8-20(18)29-17-11-9-16(24)10-12-17/h2-13,15,21-22H,14H2,1H3/t15-,21+,22-/m1/s1. The second-order valence-electron chi connectivity index (χ2n) is 7.23. The van der Waals surface area contributed by atoms with Crippen molar-refractivity contribution in [1.29, 1.82) is 0 Å². The van der Waals surface area contributed by atoms with Crippen molar-refractivity contribution in [3.8, 4) is 0 Å². The van der Waals surface area contributed by atoms with Gasteiger partial charge in [0.2, 0.25) is 0 Å². The third-order valence-corrected chi connectivity index (χ3v) is 7.61. The third kappa shape index (κ3) is 3.79. The molecule has 0 bridgehead atoms. The number of halogens is 1. The van der Waals surface area contributed by atoms with E-state index < -0.39 is 0 Å². The Morgan fingerprint density at radius 2 is 1.83 bits per heavy atom. The number of nitrogens with zero attached hydrogens (tertiary/aromatic N) is 3. The van der Waals surface area contributed by atoms with Crippen LogP contribution in [0.4, 0.5) is 0 Å². The van der Waals surface area contributed by atoms with E-state index in [0.717, 1.165) is 22.4 Å². The van der Waals surface area contributed by atoms with Gasteiger partial charge in [0.15, 0.2) is 5.17 Å². The van der Waals surface area contributed by atoms with E-state index in [1.165, 1.54) is 15.4 Å². The summed E-state index contributed by atoms with van der Waals surface area (Å²) in [7, 11) is 0. The zero-order chi connectivity index (χ0) is 19.8. The van der Waals surface area contributed by atoms with E-state index in [2.05, 4.69) is 59.3 Å². The number of pyridine rings is 1. The molecule has 29 heavy (non-hydrogen) atoms. The van der Waals surface area contributed by atoms with Crippen LogP contribution in [0.1, 0.15) is 30.3 Å². The molecule has 3 heterocycles. The fourth-order valence-electron chi connectivity index (χ4n) is 3.90. The molecule has 0 unspecified atom stereocenters. The van der Waals surface area contributed by atoms with Crippen molar-refractivity contribution in [2.24, 2.45) is 4.99 Å². The lowest BCUT2D eigenvalue weighted by Crippen LogP contribution is -2.28. The van der Waals surface area contributed by atoms with Gasteiger partial charge in [-0.2, -0.15) is 0 Å². The molecule has 0 N–H and O–H groups in total. The van der Waals surface area contributed by atoms with Gasteiger partial charge in [-0.15, -0.1) is 0 Å². The maximum atomic E-state index is 6.07. The molecule has 0 amide bonds.